The van der Waals surface area contributed by atoms with Crippen molar-refractivity contribution in [3.05, 3.63) is 23.8 Å². The normalized spacial score (nSPS) is 19.3. The SMILES string of the molecule is CCNC(=NCc1ccc2c(c1)OCO2)NCC1CCCO1.I. The van der Waals surface area contributed by atoms with E-state index in [0.29, 0.717) is 19.4 Å². The first-order chi connectivity index (χ1) is 10.8. The van der Waals surface area contributed by atoms with Crippen molar-refractivity contribution in [2.45, 2.75) is 32.4 Å². The van der Waals surface area contributed by atoms with Gasteiger partial charge in [-0.1, -0.05) is 6.07 Å². The highest BCUT2D eigenvalue weighted by atomic mass is 127. The monoisotopic (exact) mass is 433 g/mol. The summed E-state index contributed by atoms with van der Waals surface area (Å²) >= 11 is 0. The number of hydrogen-bond acceptors (Lipinski definition) is 4. The Kier molecular flexibility index (Phi) is 7.22. The third-order valence-corrected chi connectivity index (χ3v) is 3.72. The number of hydrogen-bond donors (Lipinski definition) is 2. The van der Waals surface area contributed by atoms with E-state index in [4.69, 9.17) is 14.2 Å². The lowest BCUT2D eigenvalue weighted by Crippen LogP contribution is -2.41. The number of benzene rings is 1. The van der Waals surface area contributed by atoms with Crippen molar-refractivity contribution in [3.8, 4) is 11.5 Å². The van der Waals surface area contributed by atoms with Gasteiger partial charge >= 0.3 is 0 Å². The number of rotatable bonds is 5. The second kappa shape index (κ2) is 9.17. The van der Waals surface area contributed by atoms with Crippen LogP contribution in [0.25, 0.3) is 0 Å². The summed E-state index contributed by atoms with van der Waals surface area (Å²) in [5, 5.41) is 6.60. The molecule has 3 rings (SSSR count). The minimum absolute atomic E-state index is 0. The number of nitrogens with one attached hydrogen (secondary N) is 2. The van der Waals surface area contributed by atoms with E-state index in [9.17, 15) is 0 Å². The Labute approximate surface area is 154 Å². The topological polar surface area (TPSA) is 64.1 Å². The van der Waals surface area contributed by atoms with Gasteiger partial charge in [0.2, 0.25) is 6.79 Å². The summed E-state index contributed by atoms with van der Waals surface area (Å²) in [6.07, 6.45) is 2.57. The molecule has 0 aliphatic carbocycles. The zero-order valence-corrected chi connectivity index (χ0v) is 15.7. The predicted octanol–water partition coefficient (Wildman–Crippen LogP) is 2.27. The Hall–Kier alpha value is -1.22. The fourth-order valence-electron chi connectivity index (χ4n) is 2.57. The van der Waals surface area contributed by atoms with Crippen molar-refractivity contribution in [2.75, 3.05) is 26.5 Å². The van der Waals surface area contributed by atoms with E-state index < -0.39 is 0 Å². The summed E-state index contributed by atoms with van der Waals surface area (Å²) in [6, 6.07) is 5.93. The lowest BCUT2D eigenvalue weighted by molar-refractivity contribution is 0.114. The molecule has 1 unspecified atom stereocenters. The molecule has 1 aromatic rings. The summed E-state index contributed by atoms with van der Waals surface area (Å²) in [5.74, 6) is 2.41. The Morgan fingerprint density at radius 1 is 1.26 bits per heavy atom. The predicted molar refractivity (Wildman–Crippen MR) is 99.8 cm³/mol. The minimum atomic E-state index is 0. The standard InChI is InChI=1S/C16H23N3O3.HI/c1-2-17-16(19-10-13-4-3-7-20-13)18-9-12-5-6-14-15(8-12)22-11-21-14;/h5-6,8,13H,2-4,7,9-11H2,1H3,(H2,17,18,19);1H. The maximum absolute atomic E-state index is 5.62. The third kappa shape index (κ3) is 5.13. The molecule has 6 nitrogen and oxygen atoms in total. The molecule has 2 aliphatic rings. The quantitative estimate of drug-likeness (QED) is 0.424. The van der Waals surface area contributed by atoms with Crippen molar-refractivity contribution >= 4 is 29.9 Å². The van der Waals surface area contributed by atoms with Crippen LogP contribution in [-0.2, 0) is 11.3 Å². The van der Waals surface area contributed by atoms with Crippen molar-refractivity contribution < 1.29 is 14.2 Å². The number of halogens is 1. The van der Waals surface area contributed by atoms with Crippen molar-refractivity contribution in [1.82, 2.24) is 10.6 Å². The molecule has 1 aromatic carbocycles. The Bertz CT molecular complexity index is 533. The molecule has 128 valence electrons. The van der Waals surface area contributed by atoms with Gasteiger partial charge in [0.25, 0.3) is 0 Å². The van der Waals surface area contributed by atoms with Gasteiger partial charge in [-0.15, -0.1) is 24.0 Å². The first kappa shape index (κ1) is 18.1. The van der Waals surface area contributed by atoms with Gasteiger partial charge in [-0.05, 0) is 37.5 Å². The fourth-order valence-corrected chi connectivity index (χ4v) is 2.57. The van der Waals surface area contributed by atoms with Crippen LogP contribution in [0.5, 0.6) is 11.5 Å². The zero-order valence-electron chi connectivity index (χ0n) is 13.3. The van der Waals surface area contributed by atoms with Gasteiger partial charge in [0.1, 0.15) is 0 Å². The van der Waals surface area contributed by atoms with Crippen molar-refractivity contribution in [2.24, 2.45) is 4.99 Å². The highest BCUT2D eigenvalue weighted by Gasteiger charge is 2.16. The van der Waals surface area contributed by atoms with Gasteiger partial charge in [0, 0.05) is 19.7 Å². The van der Waals surface area contributed by atoms with Gasteiger partial charge in [-0.3, -0.25) is 0 Å². The number of nitrogens with zero attached hydrogens (tertiary/aromatic N) is 1. The molecule has 0 aromatic heterocycles. The van der Waals surface area contributed by atoms with Crippen molar-refractivity contribution in [1.29, 1.82) is 0 Å². The second-order valence-electron chi connectivity index (χ2n) is 5.40. The molecule has 0 spiro atoms. The third-order valence-electron chi connectivity index (χ3n) is 3.72. The van der Waals surface area contributed by atoms with Crippen LogP contribution in [-0.4, -0.2) is 38.6 Å². The Morgan fingerprint density at radius 3 is 2.91 bits per heavy atom. The van der Waals surface area contributed by atoms with E-state index in [1.807, 2.05) is 18.2 Å². The zero-order chi connectivity index (χ0) is 15.2. The van der Waals surface area contributed by atoms with E-state index >= 15 is 0 Å². The second-order valence-corrected chi connectivity index (χ2v) is 5.40. The maximum Gasteiger partial charge on any atom is 0.231 e. The molecule has 2 N–H and O–H groups in total. The van der Waals surface area contributed by atoms with Gasteiger partial charge in [0.15, 0.2) is 17.5 Å². The number of ether oxygens (including phenoxy) is 3. The van der Waals surface area contributed by atoms with Crippen LogP contribution in [0.1, 0.15) is 25.3 Å². The van der Waals surface area contributed by atoms with Crippen LogP contribution in [0, 0.1) is 0 Å². The molecule has 7 heteroatoms. The van der Waals surface area contributed by atoms with Crippen LogP contribution < -0.4 is 20.1 Å². The molecule has 0 radical (unpaired) electrons. The highest BCUT2D eigenvalue weighted by molar-refractivity contribution is 14.0. The molecule has 0 bridgehead atoms. The molecule has 2 heterocycles. The van der Waals surface area contributed by atoms with Crippen molar-refractivity contribution in [3.63, 3.8) is 0 Å². The molecule has 2 aliphatic heterocycles. The average Bonchev–Trinajstić information content (AvgIpc) is 3.20. The lowest BCUT2D eigenvalue weighted by Gasteiger charge is -2.14. The number of fused-ring (bicyclic) bond motifs is 1. The number of guanidine groups is 1. The van der Waals surface area contributed by atoms with E-state index in [1.54, 1.807) is 0 Å². The molecule has 1 saturated heterocycles. The van der Waals surface area contributed by atoms with E-state index in [2.05, 4.69) is 22.5 Å². The largest absolute Gasteiger partial charge is 0.454 e. The van der Waals surface area contributed by atoms with E-state index in [-0.39, 0.29) is 24.0 Å². The smallest absolute Gasteiger partial charge is 0.231 e. The molecule has 0 saturated carbocycles. The molecular formula is C16H24IN3O3. The van der Waals surface area contributed by atoms with Crippen LogP contribution in [0.2, 0.25) is 0 Å². The highest BCUT2D eigenvalue weighted by Crippen LogP contribution is 2.32. The summed E-state index contributed by atoms with van der Waals surface area (Å²) in [7, 11) is 0. The molecule has 0 amide bonds. The van der Waals surface area contributed by atoms with Gasteiger partial charge in [0.05, 0.1) is 12.6 Å². The summed E-state index contributed by atoms with van der Waals surface area (Å²) < 4.78 is 16.3. The van der Waals surface area contributed by atoms with E-state index in [1.165, 1.54) is 0 Å². The number of aliphatic imine (C=N–C) groups is 1. The molecule has 1 atom stereocenters. The maximum atomic E-state index is 5.62. The fraction of sp³-hybridized carbons (Fsp3) is 0.562. The van der Waals surface area contributed by atoms with Crippen LogP contribution in [0.15, 0.2) is 23.2 Å². The average molecular weight is 433 g/mol. The summed E-state index contributed by atoms with van der Waals surface area (Å²) in [4.78, 5) is 4.61. The van der Waals surface area contributed by atoms with Gasteiger partial charge in [-0.25, -0.2) is 4.99 Å². The Morgan fingerprint density at radius 2 is 2.13 bits per heavy atom. The Balaban J connectivity index is 0.00000192. The summed E-state index contributed by atoms with van der Waals surface area (Å²) in [5.41, 5.74) is 1.10. The van der Waals surface area contributed by atoms with Gasteiger partial charge < -0.3 is 24.8 Å². The van der Waals surface area contributed by atoms with E-state index in [0.717, 1.165) is 55.6 Å². The molecule has 23 heavy (non-hydrogen) atoms. The van der Waals surface area contributed by atoms with Gasteiger partial charge in [-0.2, -0.15) is 0 Å². The lowest BCUT2D eigenvalue weighted by atomic mass is 10.2. The minimum Gasteiger partial charge on any atom is -0.454 e. The first-order valence-corrected chi connectivity index (χ1v) is 7.87. The van der Waals surface area contributed by atoms with Crippen LogP contribution in [0.4, 0.5) is 0 Å². The first-order valence-electron chi connectivity index (χ1n) is 7.87. The van der Waals surface area contributed by atoms with Crippen LogP contribution >= 0.6 is 24.0 Å². The molecular weight excluding hydrogens is 409 g/mol. The summed E-state index contributed by atoms with van der Waals surface area (Å²) in [6.45, 7) is 5.46. The molecule has 1 fully saturated rings. The van der Waals surface area contributed by atoms with Crippen LogP contribution in [0.3, 0.4) is 0 Å².